The van der Waals surface area contributed by atoms with Gasteiger partial charge in [0, 0.05) is 58.8 Å². The first-order valence-corrected chi connectivity index (χ1v) is 24.4. The number of carbonyl (C=O) groups excluding carboxylic acids is 1. The summed E-state index contributed by atoms with van der Waals surface area (Å²) < 4.78 is 18.7. The van der Waals surface area contributed by atoms with Crippen molar-refractivity contribution in [2.24, 2.45) is 7.05 Å². The standard InChI is InChI=1S/C47H57Cl2N5O5Si/c1-26-20-32-24-38(46(56)57)52(17-19-59-60(11,12)47(7,8)9)42(32)37(21-26)53-25-29(4)54-43-35(15-16-36(48)40(43)39-30(5)50-51(10)31(39)6)34(44(54)45(53)55)14-13-18-58-33-22-27(2)41(49)28(3)23-33/h15-16,20-24,29H,13-14,17-19,25H2,1-12H3,(H,56,57). The Labute approximate surface area is 364 Å². The molecule has 318 valence electrons. The van der Waals surface area contributed by atoms with Gasteiger partial charge in [-0.2, -0.15) is 5.10 Å². The molecular formula is C47H57Cl2N5O5Si. The Morgan fingerprint density at radius 2 is 1.65 bits per heavy atom. The largest absolute Gasteiger partial charge is 0.494 e. The van der Waals surface area contributed by atoms with Crippen molar-refractivity contribution in [1.82, 2.24) is 18.9 Å². The number of fused-ring (bicyclic) bond motifs is 4. The number of benzene rings is 3. The van der Waals surface area contributed by atoms with Crippen molar-refractivity contribution in [3.05, 3.63) is 97.5 Å². The molecular weight excluding hydrogens is 814 g/mol. The monoisotopic (exact) mass is 869 g/mol. The Balaban J connectivity index is 1.37. The van der Waals surface area contributed by atoms with Gasteiger partial charge in [-0.05, 0) is 131 Å². The molecule has 1 unspecified atom stereocenters. The lowest BCUT2D eigenvalue weighted by Crippen LogP contribution is -2.43. The molecule has 0 bridgehead atoms. The smallest absolute Gasteiger partial charge is 0.352 e. The van der Waals surface area contributed by atoms with Crippen molar-refractivity contribution in [1.29, 1.82) is 0 Å². The molecule has 0 spiro atoms. The molecule has 1 N–H and O–H groups in total. The van der Waals surface area contributed by atoms with Crippen LogP contribution in [0, 0.1) is 34.6 Å². The summed E-state index contributed by atoms with van der Waals surface area (Å²) in [4.78, 5) is 30.2. The van der Waals surface area contributed by atoms with E-state index in [0.717, 1.165) is 71.8 Å². The number of carboxylic acid groups (broad SMARTS) is 1. The van der Waals surface area contributed by atoms with Crippen molar-refractivity contribution in [3.63, 3.8) is 0 Å². The van der Waals surface area contributed by atoms with E-state index in [1.54, 1.807) is 6.07 Å². The highest BCUT2D eigenvalue weighted by molar-refractivity contribution is 6.74. The zero-order valence-corrected chi connectivity index (χ0v) is 39.4. The number of aryl methyl sites for hydroxylation is 6. The number of ether oxygens (including phenoxy) is 1. The van der Waals surface area contributed by atoms with Crippen LogP contribution in [0.5, 0.6) is 5.75 Å². The molecule has 1 atom stereocenters. The van der Waals surface area contributed by atoms with Crippen LogP contribution in [0.2, 0.25) is 28.2 Å². The zero-order valence-electron chi connectivity index (χ0n) is 36.9. The molecule has 6 aromatic rings. The van der Waals surface area contributed by atoms with Crippen molar-refractivity contribution in [2.45, 2.75) is 106 Å². The summed E-state index contributed by atoms with van der Waals surface area (Å²) in [6.07, 6.45) is 1.21. The number of rotatable bonds is 12. The summed E-state index contributed by atoms with van der Waals surface area (Å²) in [5, 5.41) is 18.3. The van der Waals surface area contributed by atoms with E-state index in [4.69, 9.17) is 37.5 Å². The number of carbonyl (C=O) groups is 2. The van der Waals surface area contributed by atoms with Crippen LogP contribution in [0.3, 0.4) is 0 Å². The number of amides is 1. The summed E-state index contributed by atoms with van der Waals surface area (Å²) in [5.74, 6) is -0.424. The van der Waals surface area contributed by atoms with Gasteiger partial charge in [0.2, 0.25) is 0 Å². The molecule has 3 aromatic heterocycles. The molecule has 1 aliphatic heterocycles. The van der Waals surface area contributed by atoms with Gasteiger partial charge < -0.3 is 28.3 Å². The lowest BCUT2D eigenvalue weighted by atomic mass is 9.98. The van der Waals surface area contributed by atoms with Gasteiger partial charge in [-0.25, -0.2) is 4.79 Å². The van der Waals surface area contributed by atoms with Crippen LogP contribution >= 0.6 is 23.2 Å². The third-order valence-electron chi connectivity index (χ3n) is 12.8. The first-order chi connectivity index (χ1) is 28.1. The third kappa shape index (κ3) is 7.56. The number of aromatic nitrogens is 4. The quantitative estimate of drug-likeness (QED) is 0.0970. The summed E-state index contributed by atoms with van der Waals surface area (Å²) in [6.45, 7) is 24.5. The maximum absolute atomic E-state index is 15.5. The van der Waals surface area contributed by atoms with E-state index in [9.17, 15) is 9.90 Å². The number of aromatic carboxylic acids is 1. The van der Waals surface area contributed by atoms with Gasteiger partial charge in [0.15, 0.2) is 8.32 Å². The van der Waals surface area contributed by atoms with Gasteiger partial charge in [0.05, 0.1) is 40.7 Å². The van der Waals surface area contributed by atoms with Crippen LogP contribution in [-0.2, 0) is 24.4 Å². The molecule has 7 rings (SSSR count). The SMILES string of the molecule is Cc1cc(N2CC(C)n3c(c(CCCOc4cc(C)c(Cl)c(C)c4)c4ccc(Cl)c(-c5c(C)nn(C)c5C)c43)C2=O)c2c(c1)cc(C(=O)O)n2CCO[Si](C)(C)C(C)(C)C. The molecule has 0 saturated carbocycles. The number of hydrogen-bond donors (Lipinski definition) is 1. The van der Waals surface area contributed by atoms with Gasteiger partial charge in [-0.1, -0.05) is 50.0 Å². The van der Waals surface area contributed by atoms with Crippen LogP contribution in [-0.4, -0.2) is 64.0 Å². The number of anilines is 1. The van der Waals surface area contributed by atoms with Gasteiger partial charge in [0.1, 0.15) is 17.1 Å². The second kappa shape index (κ2) is 16.0. The van der Waals surface area contributed by atoms with E-state index in [1.165, 1.54) is 0 Å². The van der Waals surface area contributed by atoms with Crippen LogP contribution < -0.4 is 9.64 Å². The summed E-state index contributed by atoms with van der Waals surface area (Å²) in [6, 6.07) is 13.4. The molecule has 1 amide bonds. The Kier molecular flexibility index (Phi) is 11.6. The summed E-state index contributed by atoms with van der Waals surface area (Å²) in [5.41, 5.74) is 10.5. The van der Waals surface area contributed by atoms with E-state index in [1.807, 2.05) is 92.2 Å². The van der Waals surface area contributed by atoms with Crippen LogP contribution in [0.15, 0.2) is 42.5 Å². The van der Waals surface area contributed by atoms with Crippen LogP contribution in [0.4, 0.5) is 5.69 Å². The van der Waals surface area contributed by atoms with Gasteiger partial charge in [-0.15, -0.1) is 0 Å². The molecule has 0 aliphatic carbocycles. The fourth-order valence-corrected chi connectivity index (χ4v) is 10.1. The van der Waals surface area contributed by atoms with Crippen molar-refractivity contribution in [2.75, 3.05) is 24.7 Å². The van der Waals surface area contributed by atoms with Gasteiger partial charge in [0.25, 0.3) is 5.91 Å². The summed E-state index contributed by atoms with van der Waals surface area (Å²) in [7, 11) is -0.194. The highest BCUT2D eigenvalue weighted by atomic mass is 35.5. The molecule has 13 heteroatoms. The lowest BCUT2D eigenvalue weighted by molar-refractivity contribution is 0.0684. The minimum Gasteiger partial charge on any atom is -0.494 e. The Hall–Kier alpha value is -4.55. The van der Waals surface area contributed by atoms with Crippen LogP contribution in [0.1, 0.15) is 94.8 Å². The molecule has 0 radical (unpaired) electrons. The van der Waals surface area contributed by atoms with E-state index in [-0.39, 0.29) is 22.7 Å². The minimum atomic E-state index is -2.12. The van der Waals surface area contributed by atoms with Gasteiger partial charge in [-0.3, -0.25) is 9.48 Å². The average Bonchev–Trinajstić information content (AvgIpc) is 3.78. The predicted octanol–water partition coefficient (Wildman–Crippen LogP) is 11.8. The lowest BCUT2D eigenvalue weighted by Gasteiger charge is -2.36. The molecule has 0 saturated heterocycles. The molecule has 3 aromatic carbocycles. The highest BCUT2D eigenvalue weighted by Gasteiger charge is 2.39. The van der Waals surface area contributed by atoms with E-state index >= 15 is 4.79 Å². The molecule has 0 fully saturated rings. The Morgan fingerprint density at radius 3 is 2.27 bits per heavy atom. The van der Waals surface area contributed by atoms with Gasteiger partial charge >= 0.3 is 5.97 Å². The maximum atomic E-state index is 15.5. The molecule has 4 heterocycles. The van der Waals surface area contributed by atoms with Crippen molar-refractivity contribution >= 4 is 70.9 Å². The predicted molar refractivity (Wildman–Crippen MR) is 247 cm³/mol. The van der Waals surface area contributed by atoms with E-state index < -0.39 is 14.3 Å². The maximum Gasteiger partial charge on any atom is 0.352 e. The van der Waals surface area contributed by atoms with Crippen molar-refractivity contribution < 1.29 is 23.9 Å². The Morgan fingerprint density at radius 1 is 0.967 bits per heavy atom. The third-order valence-corrected chi connectivity index (χ3v) is 18.2. The average molecular weight is 871 g/mol. The minimum absolute atomic E-state index is 0.00522. The number of hydrogen-bond acceptors (Lipinski definition) is 5. The first-order valence-electron chi connectivity index (χ1n) is 20.7. The van der Waals surface area contributed by atoms with Crippen LogP contribution in [0.25, 0.3) is 32.9 Å². The second-order valence-electron chi connectivity index (χ2n) is 18.1. The highest BCUT2D eigenvalue weighted by Crippen LogP contribution is 2.46. The van der Waals surface area contributed by atoms with Crippen molar-refractivity contribution in [3.8, 4) is 16.9 Å². The molecule has 10 nitrogen and oxygen atoms in total. The Bertz CT molecular complexity index is 2680. The van der Waals surface area contributed by atoms with E-state index in [2.05, 4.69) is 45.4 Å². The second-order valence-corrected chi connectivity index (χ2v) is 23.7. The van der Waals surface area contributed by atoms with E-state index in [0.29, 0.717) is 61.1 Å². The topological polar surface area (TPSA) is 104 Å². The number of halogens is 2. The first kappa shape index (κ1) is 43.5. The number of nitrogens with zero attached hydrogens (tertiary/aromatic N) is 5. The number of carboxylic acids is 1. The zero-order chi connectivity index (χ0) is 43.7. The molecule has 60 heavy (non-hydrogen) atoms. The summed E-state index contributed by atoms with van der Waals surface area (Å²) >= 11 is 13.6. The fourth-order valence-electron chi connectivity index (χ4n) is 8.70. The normalized spacial score (nSPS) is 14.8. The molecule has 1 aliphatic rings. The fraction of sp³-hybridized carbons (Fsp3) is 0.426.